The second-order valence-electron chi connectivity index (χ2n) is 5.43. The summed E-state index contributed by atoms with van der Waals surface area (Å²) in [5.74, 6) is 3.96. The largest absolute Gasteiger partial charge is 0.391 e. The van der Waals surface area contributed by atoms with E-state index in [0.29, 0.717) is 12.8 Å². The molecule has 1 rings (SSSR count). The van der Waals surface area contributed by atoms with Gasteiger partial charge < -0.3 is 0 Å². The van der Waals surface area contributed by atoms with Crippen LogP contribution in [-0.4, -0.2) is 18.4 Å². The Morgan fingerprint density at radius 3 is 1.95 bits per heavy atom. The fourth-order valence-corrected chi connectivity index (χ4v) is 2.83. The van der Waals surface area contributed by atoms with Gasteiger partial charge in [0.1, 0.15) is 0 Å². The van der Waals surface area contributed by atoms with Crippen LogP contribution in [0.3, 0.4) is 0 Å². The molecule has 0 spiro atoms. The van der Waals surface area contributed by atoms with Crippen molar-refractivity contribution in [2.45, 2.75) is 63.3 Å². The van der Waals surface area contributed by atoms with Gasteiger partial charge in [-0.05, 0) is 44.4 Å². The first-order chi connectivity index (χ1) is 9.13. The van der Waals surface area contributed by atoms with Crippen molar-refractivity contribution in [3.8, 4) is 0 Å². The quantitative estimate of drug-likeness (QED) is 0.459. The first-order valence-electron chi connectivity index (χ1n) is 6.73. The zero-order chi connectivity index (χ0) is 15.4. The first kappa shape index (κ1) is 17.6. The maximum Gasteiger partial charge on any atom is 0.391 e. The molecule has 1 saturated carbocycles. The number of hydrazine groups is 1. The number of rotatable bonds is 5. The van der Waals surface area contributed by atoms with Crippen LogP contribution in [0.5, 0.6) is 0 Å². The molecule has 1 unspecified atom stereocenters. The van der Waals surface area contributed by atoms with Gasteiger partial charge in [-0.25, -0.2) is 0 Å². The van der Waals surface area contributed by atoms with Gasteiger partial charge in [-0.15, -0.1) is 0 Å². The normalized spacial score (nSPS) is 26.6. The van der Waals surface area contributed by atoms with E-state index in [0.717, 1.165) is 0 Å². The van der Waals surface area contributed by atoms with Crippen molar-refractivity contribution in [1.29, 1.82) is 0 Å². The van der Waals surface area contributed by atoms with E-state index in [9.17, 15) is 26.3 Å². The topological polar surface area (TPSA) is 38.0 Å². The maximum absolute atomic E-state index is 12.5. The fraction of sp³-hybridized carbons (Fsp3) is 1.00. The lowest BCUT2D eigenvalue weighted by Crippen LogP contribution is -2.43. The Morgan fingerprint density at radius 2 is 1.55 bits per heavy atom. The molecule has 20 heavy (non-hydrogen) atoms. The average Bonchev–Trinajstić information content (AvgIpc) is 2.32. The molecule has 0 aromatic rings. The molecule has 3 N–H and O–H groups in total. The number of alkyl halides is 6. The molecule has 0 aromatic carbocycles. The van der Waals surface area contributed by atoms with Crippen LogP contribution in [-0.2, 0) is 0 Å². The lowest BCUT2D eigenvalue weighted by atomic mass is 9.77. The van der Waals surface area contributed by atoms with Crippen molar-refractivity contribution < 1.29 is 26.3 Å². The van der Waals surface area contributed by atoms with Crippen LogP contribution in [0.4, 0.5) is 26.3 Å². The summed E-state index contributed by atoms with van der Waals surface area (Å²) < 4.78 is 73.7. The summed E-state index contributed by atoms with van der Waals surface area (Å²) in [4.78, 5) is 0. The number of hydrogen-bond donors (Lipinski definition) is 2. The van der Waals surface area contributed by atoms with Gasteiger partial charge in [0.2, 0.25) is 0 Å². The molecule has 2 nitrogen and oxygen atoms in total. The highest BCUT2D eigenvalue weighted by molar-refractivity contribution is 4.83. The number of nitrogens with one attached hydrogen (secondary N) is 1. The Balaban J connectivity index is 2.37. The molecule has 0 radical (unpaired) electrons. The highest BCUT2D eigenvalue weighted by atomic mass is 19.4. The van der Waals surface area contributed by atoms with Crippen LogP contribution in [0.2, 0.25) is 0 Å². The van der Waals surface area contributed by atoms with Gasteiger partial charge in [-0.3, -0.25) is 11.3 Å². The van der Waals surface area contributed by atoms with E-state index in [-0.39, 0.29) is 37.6 Å². The van der Waals surface area contributed by atoms with Crippen molar-refractivity contribution in [2.75, 3.05) is 0 Å². The highest BCUT2D eigenvalue weighted by Gasteiger charge is 2.42. The van der Waals surface area contributed by atoms with E-state index in [1.807, 2.05) is 0 Å². The number of halogens is 6. The van der Waals surface area contributed by atoms with Gasteiger partial charge in [0, 0.05) is 12.5 Å². The summed E-state index contributed by atoms with van der Waals surface area (Å²) in [5.41, 5.74) is 2.46. The molecular weight excluding hydrogens is 286 g/mol. The van der Waals surface area contributed by atoms with Crippen molar-refractivity contribution in [2.24, 2.45) is 17.7 Å². The standard InChI is InChI=1S/C12H20F6N2/c13-11(14,15)7-1-2-10(20-19)8-3-5-9(6-4-8)12(16,17)18/h8-10,20H,1-7,19H2. The molecule has 8 heteroatoms. The number of hydrogen-bond acceptors (Lipinski definition) is 2. The summed E-state index contributed by atoms with van der Waals surface area (Å²) >= 11 is 0. The van der Waals surface area contributed by atoms with Crippen LogP contribution in [0, 0.1) is 11.8 Å². The molecule has 1 aliphatic carbocycles. The number of nitrogens with two attached hydrogens (primary N) is 1. The predicted octanol–water partition coefficient (Wildman–Crippen LogP) is 3.92. The Hall–Kier alpha value is -0.500. The Kier molecular flexibility index (Phi) is 6.12. The zero-order valence-electron chi connectivity index (χ0n) is 11.0. The molecule has 0 bridgehead atoms. The third-order valence-electron chi connectivity index (χ3n) is 3.99. The van der Waals surface area contributed by atoms with E-state index in [1.165, 1.54) is 0 Å². The third kappa shape index (κ3) is 5.87. The molecule has 1 atom stereocenters. The van der Waals surface area contributed by atoms with Gasteiger partial charge in [0.05, 0.1) is 5.92 Å². The van der Waals surface area contributed by atoms with Gasteiger partial charge in [0.25, 0.3) is 0 Å². The van der Waals surface area contributed by atoms with E-state index in [4.69, 9.17) is 5.84 Å². The molecule has 1 aliphatic rings. The lowest BCUT2D eigenvalue weighted by Gasteiger charge is -2.34. The molecular formula is C12H20F6N2. The van der Waals surface area contributed by atoms with E-state index < -0.39 is 24.7 Å². The molecule has 120 valence electrons. The summed E-state index contributed by atoms with van der Waals surface area (Å²) in [6.07, 6.45) is -8.31. The summed E-state index contributed by atoms with van der Waals surface area (Å²) in [7, 11) is 0. The molecule has 1 fully saturated rings. The second kappa shape index (κ2) is 6.98. The minimum atomic E-state index is -4.20. The smallest absolute Gasteiger partial charge is 0.271 e. The summed E-state index contributed by atoms with van der Waals surface area (Å²) in [6.45, 7) is 0. The monoisotopic (exact) mass is 306 g/mol. The van der Waals surface area contributed by atoms with E-state index in [1.54, 1.807) is 0 Å². The van der Waals surface area contributed by atoms with Crippen LogP contribution < -0.4 is 11.3 Å². The zero-order valence-corrected chi connectivity index (χ0v) is 11.0. The van der Waals surface area contributed by atoms with Gasteiger partial charge in [-0.2, -0.15) is 26.3 Å². The van der Waals surface area contributed by atoms with Crippen LogP contribution in [0.1, 0.15) is 44.9 Å². The molecule has 0 heterocycles. The van der Waals surface area contributed by atoms with Crippen molar-refractivity contribution >= 4 is 0 Å². The minimum absolute atomic E-state index is 0.0334. The van der Waals surface area contributed by atoms with Crippen LogP contribution in [0.15, 0.2) is 0 Å². The third-order valence-corrected chi connectivity index (χ3v) is 3.99. The maximum atomic E-state index is 12.5. The predicted molar refractivity (Wildman–Crippen MR) is 62.5 cm³/mol. The van der Waals surface area contributed by atoms with Gasteiger partial charge in [0.15, 0.2) is 0 Å². The SMILES string of the molecule is NNC(CCCC(F)(F)F)C1CCC(C(F)(F)F)CC1. The van der Waals surface area contributed by atoms with Crippen LogP contribution >= 0.6 is 0 Å². The Bertz CT molecular complexity index is 278. The van der Waals surface area contributed by atoms with Crippen molar-refractivity contribution in [3.05, 3.63) is 0 Å². The highest BCUT2D eigenvalue weighted by Crippen LogP contribution is 2.41. The van der Waals surface area contributed by atoms with E-state index in [2.05, 4.69) is 5.43 Å². The summed E-state index contributed by atoms with van der Waals surface area (Å²) in [6, 6.07) is -0.341. The van der Waals surface area contributed by atoms with Gasteiger partial charge in [-0.1, -0.05) is 0 Å². The Labute approximate surface area is 114 Å². The van der Waals surface area contributed by atoms with E-state index >= 15 is 0 Å². The molecule has 0 saturated heterocycles. The second-order valence-corrected chi connectivity index (χ2v) is 5.43. The van der Waals surface area contributed by atoms with Crippen molar-refractivity contribution in [3.63, 3.8) is 0 Å². The lowest BCUT2D eigenvalue weighted by molar-refractivity contribution is -0.184. The summed E-state index contributed by atoms with van der Waals surface area (Å²) in [5, 5.41) is 0. The average molecular weight is 306 g/mol. The van der Waals surface area contributed by atoms with Gasteiger partial charge >= 0.3 is 12.4 Å². The fourth-order valence-electron chi connectivity index (χ4n) is 2.83. The molecule has 0 aromatic heterocycles. The molecule has 0 amide bonds. The molecule has 0 aliphatic heterocycles. The Morgan fingerprint density at radius 1 is 1.00 bits per heavy atom. The minimum Gasteiger partial charge on any atom is -0.271 e. The van der Waals surface area contributed by atoms with Crippen LogP contribution in [0.25, 0.3) is 0 Å². The van der Waals surface area contributed by atoms with Crippen molar-refractivity contribution in [1.82, 2.24) is 5.43 Å². The first-order valence-corrected chi connectivity index (χ1v) is 6.73.